The van der Waals surface area contributed by atoms with Gasteiger partial charge in [-0.05, 0) is 66.4 Å². The molecule has 1 N–H and O–H groups in total. The SMILES string of the molecule is CNC1OC1c1c(-c2ccc(F)cc2)oc2nc(N(CCCn3ccnc3)S(C)(=O)=O)c(I)cc12. The van der Waals surface area contributed by atoms with Crippen LogP contribution in [0.2, 0.25) is 0 Å². The number of anilines is 1. The van der Waals surface area contributed by atoms with Crippen molar-refractivity contribution in [1.29, 1.82) is 0 Å². The van der Waals surface area contributed by atoms with Crippen LogP contribution in [0.4, 0.5) is 10.2 Å². The van der Waals surface area contributed by atoms with Gasteiger partial charge in [-0.2, -0.15) is 4.98 Å². The van der Waals surface area contributed by atoms with Gasteiger partial charge in [-0.1, -0.05) is 0 Å². The van der Waals surface area contributed by atoms with Gasteiger partial charge in [0.1, 0.15) is 23.9 Å². The third-order valence-corrected chi connectivity index (χ3v) is 7.75. The number of furan rings is 1. The van der Waals surface area contributed by atoms with Crippen LogP contribution in [0.5, 0.6) is 0 Å². The quantitative estimate of drug-likeness (QED) is 0.226. The first-order chi connectivity index (χ1) is 16.8. The van der Waals surface area contributed by atoms with Crippen molar-refractivity contribution in [3.05, 3.63) is 64.0 Å². The fourth-order valence-corrected chi connectivity index (χ4v) is 5.88. The normalized spacial score (nSPS) is 17.7. The van der Waals surface area contributed by atoms with Crippen LogP contribution in [0.3, 0.4) is 0 Å². The van der Waals surface area contributed by atoms with E-state index in [0.717, 1.165) is 10.9 Å². The fraction of sp³-hybridized carbons (Fsp3) is 0.304. The number of aromatic nitrogens is 3. The third kappa shape index (κ3) is 4.92. The summed E-state index contributed by atoms with van der Waals surface area (Å²) in [5, 5.41) is 3.82. The monoisotopic (exact) mass is 611 g/mol. The van der Waals surface area contributed by atoms with E-state index in [1.165, 1.54) is 22.7 Å². The molecule has 4 aromatic rings. The van der Waals surface area contributed by atoms with Gasteiger partial charge in [0.25, 0.3) is 0 Å². The summed E-state index contributed by atoms with van der Waals surface area (Å²) < 4.78 is 54.8. The molecule has 9 nitrogen and oxygen atoms in total. The van der Waals surface area contributed by atoms with Gasteiger partial charge < -0.3 is 13.7 Å². The number of hydrogen-bond donors (Lipinski definition) is 1. The highest BCUT2D eigenvalue weighted by Gasteiger charge is 2.44. The number of rotatable bonds is 9. The van der Waals surface area contributed by atoms with E-state index in [2.05, 4.69) is 37.9 Å². The van der Waals surface area contributed by atoms with Gasteiger partial charge in [-0.3, -0.25) is 9.62 Å². The average molecular weight is 611 g/mol. The smallest absolute Gasteiger partial charge is 0.233 e. The maximum atomic E-state index is 13.5. The van der Waals surface area contributed by atoms with Crippen LogP contribution >= 0.6 is 22.6 Å². The number of pyridine rings is 1. The van der Waals surface area contributed by atoms with E-state index in [0.29, 0.717) is 39.4 Å². The van der Waals surface area contributed by atoms with Crippen molar-refractivity contribution >= 4 is 49.5 Å². The van der Waals surface area contributed by atoms with Gasteiger partial charge >= 0.3 is 0 Å². The summed E-state index contributed by atoms with van der Waals surface area (Å²) in [6.07, 6.45) is 6.51. The number of nitrogens with zero attached hydrogens (tertiary/aromatic N) is 4. The number of sulfonamides is 1. The van der Waals surface area contributed by atoms with Gasteiger partial charge in [0, 0.05) is 42.0 Å². The highest BCUT2D eigenvalue weighted by Crippen LogP contribution is 2.47. The second-order valence-electron chi connectivity index (χ2n) is 8.25. The minimum atomic E-state index is -3.60. The summed E-state index contributed by atoms with van der Waals surface area (Å²) in [5.74, 6) is 0.477. The lowest BCUT2D eigenvalue weighted by atomic mass is 10.0. The molecule has 1 aromatic carbocycles. The Bertz CT molecular complexity index is 1460. The van der Waals surface area contributed by atoms with Crippen LogP contribution in [0.1, 0.15) is 18.1 Å². The molecule has 35 heavy (non-hydrogen) atoms. The molecule has 0 amide bonds. The number of likely N-dealkylation sites (N-methyl/N-ethyl adjacent to an activating group) is 1. The summed E-state index contributed by atoms with van der Waals surface area (Å²) >= 11 is 2.10. The number of imidazole rings is 1. The molecule has 12 heteroatoms. The average Bonchev–Trinajstić information content (AvgIpc) is 3.22. The first-order valence-electron chi connectivity index (χ1n) is 10.9. The summed E-state index contributed by atoms with van der Waals surface area (Å²) in [4.78, 5) is 8.66. The van der Waals surface area contributed by atoms with Crippen LogP contribution in [0, 0.1) is 9.39 Å². The van der Waals surface area contributed by atoms with E-state index in [1.54, 1.807) is 31.7 Å². The van der Waals surface area contributed by atoms with Crippen molar-refractivity contribution in [3.63, 3.8) is 0 Å². The van der Waals surface area contributed by atoms with Crippen molar-refractivity contribution in [2.45, 2.75) is 25.3 Å². The lowest BCUT2D eigenvalue weighted by molar-refractivity contribution is 0.357. The predicted molar refractivity (Wildman–Crippen MR) is 138 cm³/mol. The maximum absolute atomic E-state index is 13.5. The third-order valence-electron chi connectivity index (χ3n) is 5.80. The first kappa shape index (κ1) is 24.2. The van der Waals surface area contributed by atoms with Gasteiger partial charge in [-0.15, -0.1) is 0 Å². The Hall–Kier alpha value is -2.55. The Morgan fingerprint density at radius 1 is 1.29 bits per heavy atom. The number of nitrogens with one attached hydrogen (secondary N) is 1. The Kier molecular flexibility index (Phi) is 6.55. The number of ether oxygens (including phenoxy) is 1. The molecule has 0 aliphatic carbocycles. The van der Waals surface area contributed by atoms with Crippen LogP contribution in [0.15, 0.2) is 53.5 Å². The number of fused-ring (bicyclic) bond motifs is 1. The summed E-state index contributed by atoms with van der Waals surface area (Å²) in [5.41, 5.74) is 1.78. The van der Waals surface area contributed by atoms with Crippen LogP contribution < -0.4 is 9.62 Å². The van der Waals surface area contributed by atoms with Gasteiger partial charge in [0.2, 0.25) is 15.7 Å². The Morgan fingerprint density at radius 2 is 2.06 bits per heavy atom. The van der Waals surface area contributed by atoms with E-state index in [1.807, 2.05) is 16.8 Å². The number of epoxide rings is 1. The fourth-order valence-electron chi connectivity index (χ4n) is 4.08. The Morgan fingerprint density at radius 3 is 2.69 bits per heavy atom. The molecule has 0 radical (unpaired) electrons. The summed E-state index contributed by atoms with van der Waals surface area (Å²) in [6.45, 7) is 0.867. The van der Waals surface area contributed by atoms with Gasteiger partial charge in [0.05, 0.1) is 16.2 Å². The molecule has 0 bridgehead atoms. The van der Waals surface area contributed by atoms with Crippen molar-refractivity contribution in [3.8, 4) is 11.3 Å². The molecule has 0 spiro atoms. The highest BCUT2D eigenvalue weighted by atomic mass is 127. The second-order valence-corrected chi connectivity index (χ2v) is 11.3. The predicted octanol–water partition coefficient (Wildman–Crippen LogP) is 3.91. The maximum Gasteiger partial charge on any atom is 0.233 e. The van der Waals surface area contributed by atoms with E-state index >= 15 is 0 Å². The molecule has 5 rings (SSSR count). The number of aryl methyl sites for hydroxylation is 1. The zero-order chi connectivity index (χ0) is 24.7. The van der Waals surface area contributed by atoms with Crippen LogP contribution in [-0.4, -0.2) is 49.0 Å². The zero-order valence-electron chi connectivity index (χ0n) is 19.0. The van der Waals surface area contributed by atoms with E-state index in [9.17, 15) is 12.8 Å². The van der Waals surface area contributed by atoms with Crippen molar-refractivity contribution in [1.82, 2.24) is 19.9 Å². The standard InChI is InChI=1S/C23H23FIN5O4S/c1-26-23-20(34-23)18-16-12-17(25)21(28-22(16)33-19(18)14-4-6-15(24)7-5-14)30(35(2,31)32)10-3-9-29-11-8-27-13-29/h4-8,11-13,20,23,26H,3,9-10H2,1-2H3. The Balaban J connectivity index is 1.56. The topological polar surface area (TPSA) is 106 Å². The largest absolute Gasteiger partial charge is 0.437 e. The molecule has 2 atom stereocenters. The second kappa shape index (κ2) is 9.48. The number of hydrogen-bond acceptors (Lipinski definition) is 7. The molecule has 184 valence electrons. The summed E-state index contributed by atoms with van der Waals surface area (Å²) in [6, 6.07) is 7.87. The van der Waals surface area contributed by atoms with Crippen molar-refractivity contribution < 1.29 is 22.0 Å². The lowest BCUT2D eigenvalue weighted by Crippen LogP contribution is -2.32. The lowest BCUT2D eigenvalue weighted by Gasteiger charge is -2.22. The number of halogens is 2. The van der Waals surface area contributed by atoms with E-state index < -0.39 is 10.0 Å². The molecular weight excluding hydrogens is 588 g/mol. The summed E-state index contributed by atoms with van der Waals surface area (Å²) in [7, 11) is -1.80. The van der Waals surface area contributed by atoms with Gasteiger partial charge in [-0.25, -0.2) is 17.8 Å². The Labute approximate surface area is 215 Å². The molecular formula is C23H23FIN5O4S. The minimum absolute atomic E-state index is 0.178. The van der Waals surface area contributed by atoms with E-state index in [-0.39, 0.29) is 24.7 Å². The minimum Gasteiger partial charge on any atom is -0.437 e. The molecule has 1 aliphatic heterocycles. The van der Waals surface area contributed by atoms with Crippen LogP contribution in [0.25, 0.3) is 22.4 Å². The van der Waals surface area contributed by atoms with Crippen molar-refractivity contribution in [2.24, 2.45) is 0 Å². The molecule has 2 unspecified atom stereocenters. The molecule has 0 saturated carbocycles. The van der Waals surface area contributed by atoms with Crippen LogP contribution in [-0.2, 0) is 21.3 Å². The van der Waals surface area contributed by atoms with Gasteiger partial charge in [0.15, 0.2) is 5.82 Å². The molecule has 1 saturated heterocycles. The molecule has 3 aromatic heterocycles. The molecule has 1 fully saturated rings. The van der Waals surface area contributed by atoms with Crippen molar-refractivity contribution in [2.75, 3.05) is 24.2 Å². The highest BCUT2D eigenvalue weighted by molar-refractivity contribution is 14.1. The first-order valence-corrected chi connectivity index (χ1v) is 13.8. The zero-order valence-corrected chi connectivity index (χ0v) is 22.0. The van der Waals surface area contributed by atoms with E-state index in [4.69, 9.17) is 9.15 Å². The molecule has 1 aliphatic rings. The molecule has 4 heterocycles. The number of benzene rings is 1.